The molecule has 0 aliphatic heterocycles. The number of rotatable bonds is 8. The number of nitrogens with one attached hydrogen (secondary N) is 2. The van der Waals surface area contributed by atoms with Gasteiger partial charge in [0.1, 0.15) is 23.3 Å². The van der Waals surface area contributed by atoms with Gasteiger partial charge in [-0.05, 0) is 76.9 Å². The van der Waals surface area contributed by atoms with Crippen LogP contribution in [0, 0.1) is 25.5 Å². The highest BCUT2D eigenvalue weighted by Gasteiger charge is 2.22. The smallest absolute Gasteiger partial charge is 0.135 e. The van der Waals surface area contributed by atoms with Gasteiger partial charge < -0.3 is 10.6 Å². The first-order chi connectivity index (χ1) is 16.2. The molecular formula is C28H32F2N4. The Kier molecular flexibility index (Phi) is 8.16. The third-order valence-electron chi connectivity index (χ3n) is 5.54. The van der Waals surface area contributed by atoms with Crippen molar-refractivity contribution in [3.63, 3.8) is 0 Å². The Balaban J connectivity index is 1.90. The van der Waals surface area contributed by atoms with Gasteiger partial charge in [-0.1, -0.05) is 23.3 Å². The van der Waals surface area contributed by atoms with Crippen molar-refractivity contribution >= 4 is 11.6 Å². The average molecular weight is 463 g/mol. The van der Waals surface area contributed by atoms with Crippen LogP contribution in [0.2, 0.25) is 0 Å². The van der Waals surface area contributed by atoms with E-state index in [1.807, 2.05) is 27.7 Å². The predicted octanol–water partition coefficient (Wildman–Crippen LogP) is 7.46. The minimum absolute atomic E-state index is 0.232. The van der Waals surface area contributed by atoms with E-state index in [-0.39, 0.29) is 22.3 Å². The normalized spacial score (nSPS) is 10.6. The summed E-state index contributed by atoms with van der Waals surface area (Å²) in [4.78, 5) is 8.74. The monoisotopic (exact) mass is 462 g/mol. The summed E-state index contributed by atoms with van der Waals surface area (Å²) >= 11 is 0. The highest BCUT2D eigenvalue weighted by Crippen LogP contribution is 2.37. The molecule has 3 rings (SSSR count). The molecule has 3 aromatic rings. The molecule has 0 spiro atoms. The average Bonchev–Trinajstić information content (AvgIpc) is 2.79. The number of nitrogens with zero attached hydrogens (tertiary/aromatic N) is 2. The highest BCUT2D eigenvalue weighted by atomic mass is 19.1. The lowest BCUT2D eigenvalue weighted by Crippen LogP contribution is -2.04. The lowest BCUT2D eigenvalue weighted by Gasteiger charge is -2.17. The molecule has 0 aliphatic carbocycles. The summed E-state index contributed by atoms with van der Waals surface area (Å²) < 4.78 is 31.1. The van der Waals surface area contributed by atoms with Crippen LogP contribution < -0.4 is 10.6 Å². The van der Waals surface area contributed by atoms with Crippen molar-refractivity contribution in [2.45, 2.75) is 41.5 Å². The van der Waals surface area contributed by atoms with Crippen LogP contribution in [0.25, 0.3) is 22.3 Å². The Morgan fingerprint density at radius 2 is 1.09 bits per heavy atom. The molecule has 2 heterocycles. The van der Waals surface area contributed by atoms with Crippen molar-refractivity contribution < 1.29 is 8.78 Å². The number of aromatic nitrogens is 2. The summed E-state index contributed by atoms with van der Waals surface area (Å²) in [6, 6.07) is 7.07. The molecule has 0 amide bonds. The molecule has 0 saturated carbocycles. The molecule has 6 heteroatoms. The van der Waals surface area contributed by atoms with Gasteiger partial charge >= 0.3 is 0 Å². The zero-order valence-corrected chi connectivity index (χ0v) is 20.7. The minimum Gasteiger partial charge on any atom is -0.367 e. The van der Waals surface area contributed by atoms with Gasteiger partial charge in [0, 0.05) is 47.7 Å². The first kappa shape index (κ1) is 25.1. The van der Waals surface area contributed by atoms with Gasteiger partial charge in [-0.25, -0.2) is 18.7 Å². The Labute approximate surface area is 200 Å². The summed E-state index contributed by atoms with van der Waals surface area (Å²) in [5, 5.41) is 6.38. The first-order valence-corrected chi connectivity index (χ1v) is 11.3. The molecule has 0 bridgehead atoms. The van der Waals surface area contributed by atoms with E-state index in [9.17, 15) is 0 Å². The van der Waals surface area contributed by atoms with Crippen molar-refractivity contribution in [1.29, 1.82) is 0 Å². The molecule has 4 nitrogen and oxygen atoms in total. The molecular weight excluding hydrogens is 430 g/mol. The Morgan fingerprint density at radius 3 is 1.38 bits per heavy atom. The van der Waals surface area contributed by atoms with Crippen molar-refractivity contribution in [3.8, 4) is 22.3 Å². The van der Waals surface area contributed by atoms with Crippen LogP contribution in [0.4, 0.5) is 20.4 Å². The molecule has 1 aromatic carbocycles. The fourth-order valence-corrected chi connectivity index (χ4v) is 3.62. The van der Waals surface area contributed by atoms with Crippen molar-refractivity contribution in [1.82, 2.24) is 9.97 Å². The third-order valence-corrected chi connectivity index (χ3v) is 5.54. The lowest BCUT2D eigenvalue weighted by molar-refractivity contribution is 0.592. The van der Waals surface area contributed by atoms with Crippen LogP contribution in [0.15, 0.2) is 60.0 Å². The van der Waals surface area contributed by atoms with Gasteiger partial charge in [0.2, 0.25) is 0 Å². The number of halogens is 2. The molecule has 0 atom stereocenters. The maximum absolute atomic E-state index is 15.5. The second-order valence-corrected chi connectivity index (χ2v) is 8.82. The van der Waals surface area contributed by atoms with E-state index < -0.39 is 11.6 Å². The van der Waals surface area contributed by atoms with Crippen LogP contribution >= 0.6 is 0 Å². The van der Waals surface area contributed by atoms with E-state index in [1.165, 1.54) is 11.1 Å². The number of pyridine rings is 2. The van der Waals surface area contributed by atoms with Crippen LogP contribution in [0.1, 0.15) is 38.8 Å². The van der Waals surface area contributed by atoms with Crippen LogP contribution in [0.5, 0.6) is 0 Å². The molecule has 178 valence electrons. The molecule has 34 heavy (non-hydrogen) atoms. The van der Waals surface area contributed by atoms with E-state index in [2.05, 4.69) is 32.8 Å². The fourth-order valence-electron chi connectivity index (χ4n) is 3.62. The van der Waals surface area contributed by atoms with Gasteiger partial charge in [-0.15, -0.1) is 0 Å². The van der Waals surface area contributed by atoms with Crippen LogP contribution in [-0.2, 0) is 0 Å². The van der Waals surface area contributed by atoms with Gasteiger partial charge in [0.25, 0.3) is 0 Å². The topological polar surface area (TPSA) is 49.8 Å². The second kappa shape index (κ2) is 11.1. The minimum atomic E-state index is -0.452. The van der Waals surface area contributed by atoms with Crippen LogP contribution in [-0.4, -0.2) is 23.1 Å². The summed E-state index contributed by atoms with van der Waals surface area (Å²) in [5.41, 5.74) is 4.44. The number of anilines is 2. The number of benzene rings is 1. The zero-order chi connectivity index (χ0) is 24.8. The van der Waals surface area contributed by atoms with Crippen LogP contribution in [0.3, 0.4) is 0 Å². The molecule has 0 aliphatic rings. The van der Waals surface area contributed by atoms with Gasteiger partial charge in [-0.2, -0.15) is 0 Å². The molecule has 0 radical (unpaired) electrons. The zero-order valence-electron chi connectivity index (χ0n) is 20.7. The molecule has 0 saturated heterocycles. The summed E-state index contributed by atoms with van der Waals surface area (Å²) in [7, 11) is 0. The summed E-state index contributed by atoms with van der Waals surface area (Å²) in [6.07, 6.45) is 7.25. The van der Waals surface area contributed by atoms with E-state index in [4.69, 9.17) is 0 Å². The maximum Gasteiger partial charge on any atom is 0.135 e. The largest absolute Gasteiger partial charge is 0.367 e. The second-order valence-electron chi connectivity index (χ2n) is 8.82. The van der Waals surface area contributed by atoms with Gasteiger partial charge in [0.15, 0.2) is 0 Å². The quantitative estimate of drug-likeness (QED) is 0.341. The van der Waals surface area contributed by atoms with E-state index in [0.717, 1.165) is 0 Å². The maximum atomic E-state index is 15.5. The summed E-state index contributed by atoms with van der Waals surface area (Å²) in [6.45, 7) is 12.6. The molecule has 0 fully saturated rings. The van der Waals surface area contributed by atoms with Crippen molar-refractivity contribution in [2.24, 2.45) is 0 Å². The standard InChI is InChI=1S/C28H32F2N4/c1-17(2)11-13-31-23-9-7-21(15-33-23)25-19(5)28(30)26(20(6)27(25)29)22-8-10-24(34-16-22)32-14-12-18(3)4/h7-12,15-16H,13-14H2,1-6H3,(H,31,33)(H,32,34). The van der Waals surface area contributed by atoms with Gasteiger partial charge in [-0.3, -0.25) is 0 Å². The Bertz CT molecular complexity index is 1080. The van der Waals surface area contributed by atoms with E-state index >= 15 is 8.78 Å². The number of hydrogen-bond donors (Lipinski definition) is 2. The molecule has 2 N–H and O–H groups in total. The molecule has 0 unspecified atom stereocenters. The summed E-state index contributed by atoms with van der Waals surface area (Å²) in [5.74, 6) is 0.452. The Hall–Kier alpha value is -3.54. The SMILES string of the molecule is CC(C)=CCNc1ccc(-c2c(C)c(F)c(-c3ccc(NCC=C(C)C)nc3)c(C)c2F)cn1. The van der Waals surface area contributed by atoms with E-state index in [1.54, 1.807) is 50.5 Å². The first-order valence-electron chi connectivity index (χ1n) is 11.3. The highest BCUT2D eigenvalue weighted by molar-refractivity contribution is 5.78. The Morgan fingerprint density at radius 1 is 0.706 bits per heavy atom. The predicted molar refractivity (Wildman–Crippen MR) is 138 cm³/mol. The third kappa shape index (κ3) is 5.87. The van der Waals surface area contributed by atoms with Gasteiger partial charge in [0.05, 0.1) is 0 Å². The lowest BCUT2D eigenvalue weighted by atomic mass is 9.91. The van der Waals surface area contributed by atoms with E-state index in [0.29, 0.717) is 35.9 Å². The number of hydrogen-bond acceptors (Lipinski definition) is 4. The van der Waals surface area contributed by atoms with Crippen molar-refractivity contribution in [3.05, 3.63) is 82.7 Å². The number of allylic oxidation sites excluding steroid dienone is 2. The fraction of sp³-hybridized carbons (Fsp3) is 0.286. The van der Waals surface area contributed by atoms with Crippen molar-refractivity contribution in [2.75, 3.05) is 23.7 Å². The molecule has 2 aromatic heterocycles.